The lowest BCUT2D eigenvalue weighted by Gasteiger charge is -2.35. The van der Waals surface area contributed by atoms with Gasteiger partial charge >= 0.3 is 0 Å². The zero-order valence-corrected chi connectivity index (χ0v) is 35.5. The highest BCUT2D eigenvalue weighted by Gasteiger charge is 2.40. The largest absolute Gasteiger partial charge is 0.354 e. The molecule has 4 aromatic rings. The first-order valence-corrected chi connectivity index (χ1v) is 21.8. The second-order valence-electron chi connectivity index (χ2n) is 16.4. The Hall–Kier alpha value is -6.34. The van der Waals surface area contributed by atoms with Gasteiger partial charge in [0.25, 0.3) is 11.8 Å². The van der Waals surface area contributed by atoms with Gasteiger partial charge in [-0.25, -0.2) is 0 Å². The van der Waals surface area contributed by atoms with Gasteiger partial charge in [0, 0.05) is 50.3 Å². The van der Waals surface area contributed by atoms with E-state index in [4.69, 9.17) is 5.73 Å². The van der Waals surface area contributed by atoms with Crippen molar-refractivity contribution in [1.82, 2.24) is 31.1 Å². The number of hydrogen-bond acceptors (Lipinski definition) is 7. The summed E-state index contributed by atoms with van der Waals surface area (Å²) in [5, 5.41) is 11.2. The summed E-state index contributed by atoms with van der Waals surface area (Å²) in [6.45, 7) is 2.49. The van der Waals surface area contributed by atoms with Crippen molar-refractivity contribution < 1.29 is 28.8 Å². The van der Waals surface area contributed by atoms with Crippen LogP contribution in [0.4, 0.5) is 0 Å². The summed E-state index contributed by atoms with van der Waals surface area (Å²) < 4.78 is 0. The van der Waals surface area contributed by atoms with E-state index in [9.17, 15) is 28.8 Å². The molecule has 13 nitrogen and oxygen atoms in total. The Morgan fingerprint density at radius 3 is 1.81 bits per heavy atom. The molecule has 0 aromatic heterocycles. The third kappa shape index (κ3) is 13.1. The topological polar surface area (TPSA) is 183 Å². The van der Waals surface area contributed by atoms with Crippen LogP contribution in [0, 0.1) is 5.92 Å². The second kappa shape index (κ2) is 22.5. The number of rotatable bonds is 18. The molecule has 62 heavy (non-hydrogen) atoms. The van der Waals surface area contributed by atoms with Crippen molar-refractivity contribution in [2.45, 2.75) is 76.4 Å². The molecule has 1 heterocycles. The van der Waals surface area contributed by atoms with Crippen LogP contribution in [0.1, 0.15) is 77.3 Å². The highest BCUT2D eigenvalue weighted by atomic mass is 16.2. The maximum atomic E-state index is 13.9. The SMILES string of the molecule is CC(=O)N[C@H]1C[C@@H](CN(CCc2ccccc2)C(=O)CNC(=O)c2ccc(-c3ccc(C(=O)NCC(=O)NCCc4ccccc4)cc3)cc2)N(C(=O)[C@@H](N)C2CCCCC2)C1. The molecule has 3 atom stereocenters. The molecule has 326 valence electrons. The maximum Gasteiger partial charge on any atom is 0.251 e. The predicted molar refractivity (Wildman–Crippen MR) is 239 cm³/mol. The zero-order valence-electron chi connectivity index (χ0n) is 35.5. The van der Waals surface area contributed by atoms with Crippen molar-refractivity contribution in [3.05, 3.63) is 131 Å². The number of hydrogen-bond donors (Lipinski definition) is 5. The first-order valence-electron chi connectivity index (χ1n) is 21.8. The van der Waals surface area contributed by atoms with Gasteiger partial charge in [-0.2, -0.15) is 0 Å². The molecule has 0 radical (unpaired) electrons. The van der Waals surface area contributed by atoms with Gasteiger partial charge in [0.1, 0.15) is 0 Å². The lowest BCUT2D eigenvalue weighted by atomic mass is 9.83. The van der Waals surface area contributed by atoms with E-state index in [0.717, 1.165) is 54.4 Å². The van der Waals surface area contributed by atoms with Crippen molar-refractivity contribution in [2.24, 2.45) is 11.7 Å². The molecule has 0 bridgehead atoms. The standard InChI is InChI=1S/C49H59N7O6/c1-34(57)54-42-29-43(56(32-42)49(62)46(50)39-15-9-4-10-16-39)33-55(28-26-36-13-7-3-8-14-36)45(59)31-53-48(61)41-23-19-38(20-24-41)37-17-21-40(22-18-37)47(60)52-30-44(58)51-27-25-35-11-5-2-6-12-35/h2-3,5-8,11-14,17-24,39,42-43,46H,4,9-10,15-16,25-33,50H2,1H3,(H,51,58)(H,52,60)(H,53,61)(H,54,57)/t42-,43-,46-/m0/s1. The lowest BCUT2D eigenvalue weighted by Crippen LogP contribution is -2.53. The van der Waals surface area contributed by atoms with E-state index >= 15 is 0 Å². The molecular formula is C49H59N7O6. The Morgan fingerprint density at radius 1 is 0.694 bits per heavy atom. The maximum absolute atomic E-state index is 13.9. The van der Waals surface area contributed by atoms with Crippen LogP contribution < -0.4 is 27.0 Å². The van der Waals surface area contributed by atoms with Crippen molar-refractivity contribution in [2.75, 3.05) is 39.3 Å². The number of nitrogens with zero attached hydrogens (tertiary/aromatic N) is 2. The number of amides is 6. The molecule has 1 saturated carbocycles. The summed E-state index contributed by atoms with van der Waals surface area (Å²) in [5.41, 5.74) is 11.2. The summed E-state index contributed by atoms with van der Waals surface area (Å²) in [6.07, 6.45) is 6.85. The van der Waals surface area contributed by atoms with Crippen LogP contribution in [0.2, 0.25) is 0 Å². The molecule has 0 unspecified atom stereocenters. The number of benzene rings is 4. The van der Waals surface area contributed by atoms with E-state index < -0.39 is 11.9 Å². The average Bonchev–Trinajstić information content (AvgIpc) is 3.70. The molecule has 6 rings (SSSR count). The van der Waals surface area contributed by atoms with Gasteiger partial charge in [-0.1, -0.05) is 104 Å². The Kier molecular flexibility index (Phi) is 16.4. The van der Waals surface area contributed by atoms with E-state index in [1.54, 1.807) is 58.3 Å². The molecule has 1 aliphatic heterocycles. The summed E-state index contributed by atoms with van der Waals surface area (Å²) >= 11 is 0. The van der Waals surface area contributed by atoms with Gasteiger partial charge in [-0.3, -0.25) is 28.8 Å². The number of likely N-dealkylation sites (tertiary alicyclic amines) is 1. The van der Waals surface area contributed by atoms with Crippen LogP contribution >= 0.6 is 0 Å². The summed E-state index contributed by atoms with van der Waals surface area (Å²) in [5.74, 6) is -1.54. The molecular weight excluding hydrogens is 783 g/mol. The van der Waals surface area contributed by atoms with E-state index in [1.807, 2.05) is 60.7 Å². The van der Waals surface area contributed by atoms with Gasteiger partial charge in [0.05, 0.1) is 25.2 Å². The molecule has 1 saturated heterocycles. The molecule has 6 amide bonds. The molecule has 6 N–H and O–H groups in total. The number of nitrogens with one attached hydrogen (secondary N) is 4. The minimum atomic E-state index is -0.638. The molecule has 1 aliphatic carbocycles. The van der Waals surface area contributed by atoms with Crippen molar-refractivity contribution in [1.29, 1.82) is 0 Å². The highest BCUT2D eigenvalue weighted by molar-refractivity contribution is 5.98. The Balaban J connectivity index is 1.03. The summed E-state index contributed by atoms with van der Waals surface area (Å²) in [6, 6.07) is 32.3. The minimum Gasteiger partial charge on any atom is -0.354 e. The lowest BCUT2D eigenvalue weighted by molar-refractivity contribution is -0.138. The van der Waals surface area contributed by atoms with Crippen LogP contribution in [-0.4, -0.2) is 103 Å². The van der Waals surface area contributed by atoms with E-state index in [1.165, 1.54) is 6.92 Å². The van der Waals surface area contributed by atoms with Crippen molar-refractivity contribution >= 4 is 35.4 Å². The smallest absolute Gasteiger partial charge is 0.251 e. The first kappa shape index (κ1) is 45.2. The number of nitrogens with two attached hydrogens (primary N) is 1. The van der Waals surface area contributed by atoms with Gasteiger partial charge in [0.15, 0.2) is 0 Å². The number of carbonyl (C=O) groups is 6. The van der Waals surface area contributed by atoms with Crippen LogP contribution in [-0.2, 0) is 32.0 Å². The van der Waals surface area contributed by atoms with Gasteiger partial charge in [0.2, 0.25) is 23.6 Å². The predicted octanol–water partition coefficient (Wildman–Crippen LogP) is 4.26. The van der Waals surface area contributed by atoms with Crippen LogP contribution in [0.3, 0.4) is 0 Å². The minimum absolute atomic E-state index is 0.110. The normalized spacial score (nSPS) is 16.8. The highest BCUT2D eigenvalue weighted by Crippen LogP contribution is 2.29. The van der Waals surface area contributed by atoms with Crippen LogP contribution in [0.5, 0.6) is 0 Å². The average molecular weight is 842 g/mol. The fourth-order valence-electron chi connectivity index (χ4n) is 8.43. The van der Waals surface area contributed by atoms with Gasteiger partial charge < -0.3 is 36.8 Å². The fraction of sp³-hybridized carbons (Fsp3) is 0.388. The Labute approximate surface area is 364 Å². The zero-order chi connectivity index (χ0) is 43.8. The fourth-order valence-corrected chi connectivity index (χ4v) is 8.43. The Morgan fingerprint density at radius 2 is 1.24 bits per heavy atom. The monoisotopic (exact) mass is 841 g/mol. The molecule has 2 fully saturated rings. The van der Waals surface area contributed by atoms with E-state index in [2.05, 4.69) is 21.3 Å². The van der Waals surface area contributed by atoms with Crippen LogP contribution in [0.25, 0.3) is 11.1 Å². The number of carbonyl (C=O) groups excluding carboxylic acids is 6. The molecule has 0 spiro atoms. The molecule has 13 heteroatoms. The second-order valence-corrected chi connectivity index (χ2v) is 16.4. The van der Waals surface area contributed by atoms with Crippen molar-refractivity contribution in [3.8, 4) is 11.1 Å². The third-order valence-electron chi connectivity index (χ3n) is 11.9. The van der Waals surface area contributed by atoms with E-state index in [-0.39, 0.29) is 67.2 Å². The van der Waals surface area contributed by atoms with Crippen molar-refractivity contribution in [3.63, 3.8) is 0 Å². The molecule has 4 aromatic carbocycles. The van der Waals surface area contributed by atoms with Crippen LogP contribution in [0.15, 0.2) is 109 Å². The quantitative estimate of drug-likeness (QED) is 0.0993. The summed E-state index contributed by atoms with van der Waals surface area (Å²) in [4.78, 5) is 81.8. The Bertz CT molecular complexity index is 2130. The molecule has 2 aliphatic rings. The third-order valence-corrected chi connectivity index (χ3v) is 11.9. The van der Waals surface area contributed by atoms with E-state index in [0.29, 0.717) is 50.0 Å². The first-order chi connectivity index (χ1) is 30.0. The van der Waals surface area contributed by atoms with Gasteiger partial charge in [-0.15, -0.1) is 0 Å². The summed E-state index contributed by atoms with van der Waals surface area (Å²) in [7, 11) is 0. The van der Waals surface area contributed by atoms with Gasteiger partial charge in [-0.05, 0) is 84.5 Å².